The third-order valence-corrected chi connectivity index (χ3v) is 4.35. The molecule has 142 valence electrons. The molecule has 0 aromatic heterocycles. The van der Waals surface area contributed by atoms with Crippen molar-refractivity contribution in [3.63, 3.8) is 0 Å². The highest BCUT2D eigenvalue weighted by molar-refractivity contribution is 6.32. The highest BCUT2D eigenvalue weighted by atomic mass is 35.5. The lowest BCUT2D eigenvalue weighted by molar-refractivity contribution is -0.130. The van der Waals surface area contributed by atoms with Gasteiger partial charge in [-0.2, -0.15) is 0 Å². The minimum atomic E-state index is -0.261. The Morgan fingerprint density at radius 2 is 2.04 bits per heavy atom. The van der Waals surface area contributed by atoms with Gasteiger partial charge in [0.15, 0.2) is 11.5 Å². The van der Waals surface area contributed by atoms with Crippen molar-refractivity contribution in [3.05, 3.63) is 28.8 Å². The molecule has 7 heteroatoms. The predicted molar refractivity (Wildman–Crippen MR) is 102 cm³/mol. The summed E-state index contributed by atoms with van der Waals surface area (Å²) in [6.07, 6.45) is 5.50. The fraction of sp³-hybridized carbons (Fsp3) is 0.474. The molecule has 1 aromatic rings. The number of methoxy groups -OCH3 is 1. The lowest BCUT2D eigenvalue weighted by atomic mass is 10.2. The molecule has 1 N–H and O–H groups in total. The van der Waals surface area contributed by atoms with Crippen molar-refractivity contribution in [3.8, 4) is 11.5 Å². The first kappa shape index (κ1) is 20.1. The molecule has 0 unspecified atom stereocenters. The Balaban J connectivity index is 1.87. The molecule has 1 heterocycles. The topological polar surface area (TPSA) is 67.9 Å². The molecule has 1 aromatic carbocycles. The Bertz CT molecular complexity index is 670. The van der Waals surface area contributed by atoms with Crippen LogP contribution in [-0.2, 0) is 9.59 Å². The number of ether oxygens (including phenoxy) is 2. The molecule has 6 nitrogen and oxygen atoms in total. The molecule has 2 amide bonds. The number of hydrogen-bond donors (Lipinski definition) is 1. The van der Waals surface area contributed by atoms with Crippen molar-refractivity contribution < 1.29 is 19.1 Å². The molecule has 0 bridgehead atoms. The van der Waals surface area contributed by atoms with Gasteiger partial charge in [0.05, 0.1) is 18.7 Å². The number of rotatable bonds is 8. The van der Waals surface area contributed by atoms with Crippen LogP contribution in [0.2, 0.25) is 5.02 Å². The van der Waals surface area contributed by atoms with Crippen LogP contribution in [-0.4, -0.2) is 50.1 Å². The van der Waals surface area contributed by atoms with Gasteiger partial charge in [0.25, 0.3) is 0 Å². The number of amides is 2. The van der Waals surface area contributed by atoms with Crippen LogP contribution in [0.1, 0.15) is 31.7 Å². The second-order valence-corrected chi connectivity index (χ2v) is 6.34. The van der Waals surface area contributed by atoms with E-state index in [1.54, 1.807) is 18.2 Å². The van der Waals surface area contributed by atoms with E-state index in [1.165, 1.54) is 13.2 Å². The number of likely N-dealkylation sites (tertiary alicyclic amines) is 1. The van der Waals surface area contributed by atoms with Gasteiger partial charge in [0, 0.05) is 32.1 Å². The number of hydrogen-bond acceptors (Lipinski definition) is 4. The molecule has 1 aliphatic heterocycles. The molecule has 0 atom stereocenters. The minimum Gasteiger partial charge on any atom is -0.493 e. The summed E-state index contributed by atoms with van der Waals surface area (Å²) in [5.74, 6) is 0.826. The van der Waals surface area contributed by atoms with Crippen molar-refractivity contribution in [2.24, 2.45) is 0 Å². The fourth-order valence-electron chi connectivity index (χ4n) is 2.77. The van der Waals surface area contributed by atoms with Crippen molar-refractivity contribution in [2.45, 2.75) is 26.2 Å². The summed E-state index contributed by atoms with van der Waals surface area (Å²) >= 11 is 6.21. The number of nitrogens with one attached hydrogen (secondary N) is 1. The van der Waals surface area contributed by atoms with E-state index in [0.29, 0.717) is 36.1 Å². The first-order valence-corrected chi connectivity index (χ1v) is 9.17. The van der Waals surface area contributed by atoms with Crippen LogP contribution >= 0.6 is 11.6 Å². The lowest BCUT2D eigenvalue weighted by Gasteiger charge is -2.14. The lowest BCUT2D eigenvalue weighted by Crippen LogP contribution is -2.32. The zero-order valence-corrected chi connectivity index (χ0v) is 16.0. The normalized spacial score (nSPS) is 13.9. The van der Waals surface area contributed by atoms with E-state index in [4.69, 9.17) is 21.1 Å². The van der Waals surface area contributed by atoms with E-state index in [0.717, 1.165) is 31.5 Å². The minimum absolute atomic E-state index is 0.0924. The van der Waals surface area contributed by atoms with Crippen molar-refractivity contribution >= 4 is 29.5 Å². The van der Waals surface area contributed by atoms with Gasteiger partial charge < -0.3 is 19.7 Å². The third kappa shape index (κ3) is 5.66. The number of nitrogens with zero attached hydrogens (tertiary/aromatic N) is 1. The van der Waals surface area contributed by atoms with E-state index >= 15 is 0 Å². The second kappa shape index (κ2) is 10.1. The summed E-state index contributed by atoms with van der Waals surface area (Å²) in [4.78, 5) is 25.7. The van der Waals surface area contributed by atoms with Crippen molar-refractivity contribution in [1.82, 2.24) is 10.2 Å². The zero-order valence-electron chi connectivity index (χ0n) is 15.2. The molecular weight excluding hydrogens is 356 g/mol. The fourth-order valence-corrected chi connectivity index (χ4v) is 3.04. The Labute approximate surface area is 159 Å². The van der Waals surface area contributed by atoms with Gasteiger partial charge >= 0.3 is 0 Å². The maximum absolute atomic E-state index is 11.9. The van der Waals surface area contributed by atoms with Gasteiger partial charge in [-0.25, -0.2) is 0 Å². The van der Waals surface area contributed by atoms with Crippen molar-refractivity contribution in [1.29, 1.82) is 0 Å². The maximum Gasteiger partial charge on any atom is 0.244 e. The van der Waals surface area contributed by atoms with E-state index in [1.807, 2.05) is 11.8 Å². The Morgan fingerprint density at radius 1 is 1.31 bits per heavy atom. The largest absolute Gasteiger partial charge is 0.493 e. The average molecular weight is 381 g/mol. The summed E-state index contributed by atoms with van der Waals surface area (Å²) in [5, 5.41) is 3.14. The number of carbonyl (C=O) groups excluding carboxylic acids is 2. The second-order valence-electron chi connectivity index (χ2n) is 5.93. The smallest absolute Gasteiger partial charge is 0.244 e. The summed E-state index contributed by atoms with van der Waals surface area (Å²) < 4.78 is 10.7. The van der Waals surface area contributed by atoms with Crippen LogP contribution in [0.25, 0.3) is 6.08 Å². The molecule has 0 spiro atoms. The molecule has 1 saturated heterocycles. The summed E-state index contributed by atoms with van der Waals surface area (Å²) in [5.41, 5.74) is 0.721. The highest BCUT2D eigenvalue weighted by Gasteiger charge is 2.17. The third-order valence-electron chi connectivity index (χ3n) is 4.06. The van der Waals surface area contributed by atoms with Crippen LogP contribution < -0.4 is 14.8 Å². The molecule has 0 saturated carbocycles. The number of benzene rings is 1. The van der Waals surface area contributed by atoms with E-state index < -0.39 is 0 Å². The van der Waals surface area contributed by atoms with Crippen LogP contribution in [0.4, 0.5) is 0 Å². The van der Waals surface area contributed by atoms with Gasteiger partial charge in [-0.1, -0.05) is 11.6 Å². The summed E-state index contributed by atoms with van der Waals surface area (Å²) in [7, 11) is 1.53. The zero-order chi connectivity index (χ0) is 18.9. The SMILES string of the molecule is CCOc1c(Cl)cc(/C=C/C(=O)NCCC(=O)N2CCCC2)cc1OC. The summed E-state index contributed by atoms with van der Waals surface area (Å²) in [6.45, 7) is 4.32. The quantitative estimate of drug-likeness (QED) is 0.704. The van der Waals surface area contributed by atoms with Crippen LogP contribution in [0.15, 0.2) is 18.2 Å². The van der Waals surface area contributed by atoms with Gasteiger partial charge in [0.2, 0.25) is 11.8 Å². The van der Waals surface area contributed by atoms with Crippen LogP contribution in [0.5, 0.6) is 11.5 Å². The predicted octanol–water partition coefficient (Wildman–Crippen LogP) is 2.89. The highest BCUT2D eigenvalue weighted by Crippen LogP contribution is 2.36. The first-order valence-electron chi connectivity index (χ1n) is 8.79. The standard InChI is InChI=1S/C19H25ClN2O4/c1-3-26-19-15(20)12-14(13-16(19)25-2)6-7-17(23)21-9-8-18(24)22-10-4-5-11-22/h6-7,12-13H,3-5,8-11H2,1-2H3,(H,21,23)/b7-6+. The number of carbonyl (C=O) groups is 2. The van der Waals surface area contributed by atoms with E-state index in [9.17, 15) is 9.59 Å². The molecular formula is C19H25ClN2O4. The van der Waals surface area contributed by atoms with Gasteiger partial charge in [-0.3, -0.25) is 9.59 Å². The van der Waals surface area contributed by atoms with Crippen molar-refractivity contribution in [2.75, 3.05) is 33.4 Å². The molecule has 0 radical (unpaired) electrons. The maximum atomic E-state index is 11.9. The average Bonchev–Trinajstić information content (AvgIpc) is 3.16. The molecule has 1 fully saturated rings. The van der Waals surface area contributed by atoms with Gasteiger partial charge in [-0.05, 0) is 43.5 Å². The summed E-state index contributed by atoms with van der Waals surface area (Å²) in [6, 6.07) is 3.45. The van der Waals surface area contributed by atoms with Crippen LogP contribution in [0.3, 0.4) is 0 Å². The van der Waals surface area contributed by atoms with Gasteiger partial charge in [0.1, 0.15) is 0 Å². The van der Waals surface area contributed by atoms with E-state index in [-0.39, 0.29) is 11.8 Å². The molecule has 0 aliphatic carbocycles. The molecule has 26 heavy (non-hydrogen) atoms. The molecule has 2 rings (SSSR count). The monoisotopic (exact) mass is 380 g/mol. The van der Waals surface area contributed by atoms with Gasteiger partial charge in [-0.15, -0.1) is 0 Å². The Hall–Kier alpha value is -2.21. The Morgan fingerprint density at radius 3 is 2.69 bits per heavy atom. The molecule has 1 aliphatic rings. The van der Waals surface area contributed by atoms with E-state index in [2.05, 4.69) is 5.32 Å². The number of halogens is 1. The van der Waals surface area contributed by atoms with Crippen LogP contribution in [0, 0.1) is 0 Å². The Kier molecular flexibility index (Phi) is 7.78. The first-order chi connectivity index (χ1) is 12.5.